The molecule has 0 atom stereocenters. The standard InChI is InChI=1S/C20H24N2O5/c1-19(2,3)13-11-16(22(25)26)18(20(4,5)6)17(12-13)27-15-9-7-14(8-10-15)21(23)24/h7-12H,1-6H3. The maximum Gasteiger partial charge on any atom is 0.277 e. The van der Waals surface area contributed by atoms with Crippen molar-refractivity contribution in [2.24, 2.45) is 0 Å². The van der Waals surface area contributed by atoms with Gasteiger partial charge in [-0.3, -0.25) is 20.2 Å². The minimum absolute atomic E-state index is 0.00633. The summed E-state index contributed by atoms with van der Waals surface area (Å²) < 4.78 is 5.97. The van der Waals surface area contributed by atoms with E-state index in [-0.39, 0.29) is 16.8 Å². The van der Waals surface area contributed by atoms with Crippen LogP contribution in [0, 0.1) is 20.2 Å². The van der Waals surface area contributed by atoms with Gasteiger partial charge in [0.2, 0.25) is 0 Å². The monoisotopic (exact) mass is 372 g/mol. The van der Waals surface area contributed by atoms with Gasteiger partial charge < -0.3 is 4.74 Å². The predicted octanol–water partition coefficient (Wildman–Crippen LogP) is 5.89. The molecule has 0 fully saturated rings. The number of benzene rings is 2. The zero-order chi connectivity index (χ0) is 20.6. The summed E-state index contributed by atoms with van der Waals surface area (Å²) >= 11 is 0. The van der Waals surface area contributed by atoms with Crippen LogP contribution < -0.4 is 4.74 Å². The molecule has 0 amide bonds. The van der Waals surface area contributed by atoms with Gasteiger partial charge in [-0.25, -0.2) is 0 Å². The second kappa shape index (κ2) is 6.98. The molecule has 2 aromatic rings. The first-order valence-electron chi connectivity index (χ1n) is 8.56. The van der Waals surface area contributed by atoms with Crippen LogP contribution in [0.5, 0.6) is 11.5 Å². The molecule has 0 spiro atoms. The van der Waals surface area contributed by atoms with Gasteiger partial charge in [0.25, 0.3) is 11.4 Å². The lowest BCUT2D eigenvalue weighted by atomic mass is 9.80. The molecule has 0 heterocycles. The van der Waals surface area contributed by atoms with Crippen LogP contribution in [0.3, 0.4) is 0 Å². The highest BCUT2D eigenvalue weighted by Gasteiger charge is 2.32. The van der Waals surface area contributed by atoms with E-state index in [0.717, 1.165) is 5.56 Å². The average Bonchev–Trinajstić information content (AvgIpc) is 2.52. The van der Waals surface area contributed by atoms with Crippen molar-refractivity contribution in [1.82, 2.24) is 0 Å². The van der Waals surface area contributed by atoms with E-state index < -0.39 is 15.3 Å². The van der Waals surface area contributed by atoms with E-state index in [9.17, 15) is 20.2 Å². The second-order valence-electron chi connectivity index (χ2n) is 8.48. The van der Waals surface area contributed by atoms with E-state index in [1.165, 1.54) is 24.3 Å². The molecule has 2 rings (SSSR count). The van der Waals surface area contributed by atoms with Gasteiger partial charge in [0, 0.05) is 18.2 Å². The summed E-state index contributed by atoms with van der Waals surface area (Å²) in [5.41, 5.74) is 0.376. The Morgan fingerprint density at radius 2 is 1.37 bits per heavy atom. The Morgan fingerprint density at radius 3 is 1.78 bits per heavy atom. The molecule has 7 nitrogen and oxygen atoms in total. The third kappa shape index (κ3) is 4.61. The maximum atomic E-state index is 11.7. The summed E-state index contributed by atoms with van der Waals surface area (Å²) in [6.45, 7) is 11.6. The van der Waals surface area contributed by atoms with Crippen LogP contribution in [0.25, 0.3) is 0 Å². The van der Waals surface area contributed by atoms with Gasteiger partial charge in [0.1, 0.15) is 11.5 Å². The average molecular weight is 372 g/mol. The van der Waals surface area contributed by atoms with Crippen molar-refractivity contribution in [2.45, 2.75) is 52.4 Å². The van der Waals surface area contributed by atoms with E-state index in [1.807, 2.05) is 47.6 Å². The molecule has 0 aliphatic rings. The molecule has 0 aliphatic carbocycles. The fraction of sp³-hybridized carbons (Fsp3) is 0.400. The summed E-state index contributed by atoms with van der Waals surface area (Å²) in [5.74, 6) is 0.766. The maximum absolute atomic E-state index is 11.7. The van der Waals surface area contributed by atoms with Crippen molar-refractivity contribution < 1.29 is 14.6 Å². The van der Waals surface area contributed by atoms with Crippen molar-refractivity contribution in [3.8, 4) is 11.5 Å². The summed E-state index contributed by atoms with van der Waals surface area (Å²) in [6.07, 6.45) is 0. The SMILES string of the molecule is CC(C)(C)c1cc(Oc2ccc([N+](=O)[O-])cc2)c(C(C)(C)C)c([N+](=O)[O-])c1. The summed E-state index contributed by atoms with van der Waals surface area (Å²) in [7, 11) is 0. The molecular formula is C20H24N2O5. The van der Waals surface area contributed by atoms with Gasteiger partial charge in [0.05, 0.1) is 15.4 Å². The van der Waals surface area contributed by atoms with Crippen LogP contribution in [0.15, 0.2) is 36.4 Å². The first-order chi connectivity index (χ1) is 12.3. The van der Waals surface area contributed by atoms with Crippen LogP contribution in [0.4, 0.5) is 11.4 Å². The highest BCUT2D eigenvalue weighted by molar-refractivity contribution is 5.58. The largest absolute Gasteiger partial charge is 0.457 e. The second-order valence-corrected chi connectivity index (χ2v) is 8.48. The molecule has 0 unspecified atom stereocenters. The van der Waals surface area contributed by atoms with Gasteiger partial charge in [-0.05, 0) is 34.6 Å². The molecule has 0 bridgehead atoms. The Kier molecular flexibility index (Phi) is 5.26. The van der Waals surface area contributed by atoms with Crippen LogP contribution in [0.2, 0.25) is 0 Å². The van der Waals surface area contributed by atoms with E-state index in [0.29, 0.717) is 17.1 Å². The smallest absolute Gasteiger partial charge is 0.277 e. The van der Waals surface area contributed by atoms with E-state index in [2.05, 4.69) is 0 Å². The van der Waals surface area contributed by atoms with Crippen molar-refractivity contribution >= 4 is 11.4 Å². The summed E-state index contributed by atoms with van der Waals surface area (Å²) in [5, 5.41) is 22.6. The number of hydrogen-bond donors (Lipinski definition) is 0. The molecule has 27 heavy (non-hydrogen) atoms. The summed E-state index contributed by atoms with van der Waals surface area (Å²) in [6, 6.07) is 9.07. The predicted molar refractivity (Wildman–Crippen MR) is 104 cm³/mol. The van der Waals surface area contributed by atoms with Gasteiger partial charge in [-0.15, -0.1) is 0 Å². The highest BCUT2D eigenvalue weighted by Crippen LogP contribution is 2.43. The number of nitrogens with zero attached hydrogens (tertiary/aromatic N) is 2. The molecule has 0 N–H and O–H groups in total. The van der Waals surface area contributed by atoms with Gasteiger partial charge in [0.15, 0.2) is 0 Å². The molecule has 0 radical (unpaired) electrons. The number of rotatable bonds is 4. The van der Waals surface area contributed by atoms with E-state index in [1.54, 1.807) is 6.07 Å². The Hall–Kier alpha value is -2.96. The van der Waals surface area contributed by atoms with Crippen LogP contribution in [-0.4, -0.2) is 9.85 Å². The first-order valence-corrected chi connectivity index (χ1v) is 8.56. The number of ether oxygens (including phenoxy) is 1. The number of hydrogen-bond acceptors (Lipinski definition) is 5. The minimum Gasteiger partial charge on any atom is -0.457 e. The summed E-state index contributed by atoms with van der Waals surface area (Å²) in [4.78, 5) is 21.7. The third-order valence-corrected chi connectivity index (χ3v) is 4.17. The fourth-order valence-corrected chi connectivity index (χ4v) is 2.77. The molecule has 0 saturated carbocycles. The lowest BCUT2D eigenvalue weighted by Gasteiger charge is -2.26. The lowest BCUT2D eigenvalue weighted by Crippen LogP contribution is -2.18. The fourth-order valence-electron chi connectivity index (χ4n) is 2.77. The van der Waals surface area contributed by atoms with Gasteiger partial charge in [-0.1, -0.05) is 41.5 Å². The van der Waals surface area contributed by atoms with Crippen molar-refractivity contribution in [1.29, 1.82) is 0 Å². The van der Waals surface area contributed by atoms with Crippen molar-refractivity contribution in [2.75, 3.05) is 0 Å². The van der Waals surface area contributed by atoms with Crippen LogP contribution >= 0.6 is 0 Å². The van der Waals surface area contributed by atoms with Crippen LogP contribution in [-0.2, 0) is 10.8 Å². The Balaban J connectivity index is 2.66. The third-order valence-electron chi connectivity index (χ3n) is 4.17. The van der Waals surface area contributed by atoms with Crippen LogP contribution in [0.1, 0.15) is 52.7 Å². The molecule has 0 aromatic heterocycles. The zero-order valence-electron chi connectivity index (χ0n) is 16.4. The molecule has 0 saturated heterocycles. The van der Waals surface area contributed by atoms with E-state index in [4.69, 9.17) is 4.74 Å². The Morgan fingerprint density at radius 1 is 0.815 bits per heavy atom. The van der Waals surface area contributed by atoms with E-state index >= 15 is 0 Å². The molecular weight excluding hydrogens is 348 g/mol. The zero-order valence-corrected chi connectivity index (χ0v) is 16.4. The quantitative estimate of drug-likeness (QED) is 0.492. The number of non-ortho nitro benzene ring substituents is 1. The molecule has 0 aliphatic heterocycles. The number of nitro benzene ring substituents is 2. The molecule has 144 valence electrons. The topological polar surface area (TPSA) is 95.5 Å². The van der Waals surface area contributed by atoms with Gasteiger partial charge >= 0.3 is 0 Å². The lowest BCUT2D eigenvalue weighted by molar-refractivity contribution is -0.386. The van der Waals surface area contributed by atoms with Crippen molar-refractivity contribution in [3.63, 3.8) is 0 Å². The normalized spacial score (nSPS) is 11.9. The van der Waals surface area contributed by atoms with Crippen molar-refractivity contribution in [3.05, 3.63) is 67.8 Å². The number of nitro groups is 2. The first kappa shape index (κ1) is 20.4. The minimum atomic E-state index is -0.533. The van der Waals surface area contributed by atoms with Gasteiger partial charge in [-0.2, -0.15) is 0 Å². The Bertz CT molecular complexity index is 875. The Labute approximate surface area is 158 Å². The molecule has 7 heteroatoms. The highest BCUT2D eigenvalue weighted by atomic mass is 16.6. The molecule has 2 aromatic carbocycles.